The van der Waals surface area contributed by atoms with Gasteiger partial charge in [-0.1, -0.05) is 30.3 Å². The van der Waals surface area contributed by atoms with E-state index >= 15 is 0 Å². The highest BCUT2D eigenvalue weighted by Gasteiger charge is 2.21. The number of aromatic nitrogens is 2. The van der Waals surface area contributed by atoms with Gasteiger partial charge in [-0.15, -0.1) is 0 Å². The molecule has 1 aromatic carbocycles. The van der Waals surface area contributed by atoms with Crippen molar-refractivity contribution in [3.05, 3.63) is 58.6 Å². The van der Waals surface area contributed by atoms with Crippen LogP contribution in [0.25, 0.3) is 0 Å². The third kappa shape index (κ3) is 5.14. The van der Waals surface area contributed by atoms with Crippen LogP contribution in [0.2, 0.25) is 0 Å². The zero-order chi connectivity index (χ0) is 17.5. The van der Waals surface area contributed by atoms with Crippen molar-refractivity contribution >= 4 is 5.82 Å². The van der Waals surface area contributed by atoms with Gasteiger partial charge < -0.3 is 26.0 Å². The second-order valence-electron chi connectivity index (χ2n) is 5.35. The van der Waals surface area contributed by atoms with E-state index in [1.54, 1.807) is 6.92 Å². The van der Waals surface area contributed by atoms with Crippen LogP contribution in [0.1, 0.15) is 18.7 Å². The first-order valence-electron chi connectivity index (χ1n) is 7.58. The fraction of sp³-hybridized carbons (Fsp3) is 0.375. The molecule has 24 heavy (non-hydrogen) atoms. The summed E-state index contributed by atoms with van der Waals surface area (Å²) in [5, 5.41) is 22.1. The zero-order valence-corrected chi connectivity index (χ0v) is 13.4. The molecule has 8 heteroatoms. The third-order valence-corrected chi connectivity index (χ3v) is 3.46. The fourth-order valence-corrected chi connectivity index (χ4v) is 2.20. The standard InChI is InChI=1S/C16H22N4O4/c1-11(20-8-7-14(17)19-16(20)23)24-13(15(21)22)10-18-9-12-5-3-2-4-6-12/h2-8,11,13,15,18,21-22H,9-10H2,1H3,(H2,17,19,23)/t11-,13-/m1/s1. The van der Waals surface area contributed by atoms with E-state index in [9.17, 15) is 15.0 Å². The monoisotopic (exact) mass is 334 g/mol. The molecule has 2 rings (SSSR count). The van der Waals surface area contributed by atoms with Gasteiger partial charge in [-0.2, -0.15) is 4.98 Å². The Kier molecular flexibility index (Phi) is 6.44. The SMILES string of the molecule is C[C@@H](O[C@H](CNCc1ccccc1)C(O)O)n1ccc(N)nc1=O. The van der Waals surface area contributed by atoms with E-state index in [2.05, 4.69) is 10.3 Å². The highest BCUT2D eigenvalue weighted by Crippen LogP contribution is 2.10. The molecule has 0 bridgehead atoms. The number of nitrogens with one attached hydrogen (secondary N) is 1. The van der Waals surface area contributed by atoms with Crippen molar-refractivity contribution in [2.75, 3.05) is 12.3 Å². The van der Waals surface area contributed by atoms with Crippen molar-refractivity contribution < 1.29 is 14.9 Å². The Morgan fingerprint density at radius 2 is 2.00 bits per heavy atom. The van der Waals surface area contributed by atoms with E-state index in [0.29, 0.717) is 6.54 Å². The fourth-order valence-electron chi connectivity index (χ4n) is 2.20. The molecular weight excluding hydrogens is 312 g/mol. The molecule has 1 aromatic heterocycles. The quantitative estimate of drug-likeness (QED) is 0.494. The molecule has 0 amide bonds. The van der Waals surface area contributed by atoms with Gasteiger partial charge in [-0.05, 0) is 18.6 Å². The van der Waals surface area contributed by atoms with E-state index < -0.39 is 24.3 Å². The molecule has 0 fully saturated rings. The first-order chi connectivity index (χ1) is 11.5. The second kappa shape index (κ2) is 8.55. The smallest absolute Gasteiger partial charge is 0.351 e. The van der Waals surface area contributed by atoms with Gasteiger partial charge in [0.1, 0.15) is 18.1 Å². The second-order valence-corrected chi connectivity index (χ2v) is 5.35. The van der Waals surface area contributed by atoms with Crippen LogP contribution >= 0.6 is 0 Å². The Labute approximate surface area is 139 Å². The molecule has 1 heterocycles. The van der Waals surface area contributed by atoms with Crippen molar-refractivity contribution in [3.8, 4) is 0 Å². The Morgan fingerprint density at radius 3 is 2.62 bits per heavy atom. The van der Waals surface area contributed by atoms with Gasteiger partial charge in [-0.3, -0.25) is 4.57 Å². The summed E-state index contributed by atoms with van der Waals surface area (Å²) >= 11 is 0. The lowest BCUT2D eigenvalue weighted by Gasteiger charge is -2.25. The molecule has 0 aliphatic carbocycles. The van der Waals surface area contributed by atoms with E-state index in [1.807, 2.05) is 30.3 Å². The number of aliphatic hydroxyl groups is 2. The number of anilines is 1. The van der Waals surface area contributed by atoms with Gasteiger partial charge in [0.15, 0.2) is 6.29 Å². The molecule has 0 unspecified atom stereocenters. The minimum absolute atomic E-state index is 0.117. The van der Waals surface area contributed by atoms with Crippen molar-refractivity contribution in [1.29, 1.82) is 0 Å². The Bertz CT molecular complexity index is 690. The molecule has 8 nitrogen and oxygen atoms in total. The number of nitrogens with two attached hydrogens (primary N) is 1. The number of nitrogen functional groups attached to an aromatic ring is 1. The van der Waals surface area contributed by atoms with Crippen molar-refractivity contribution in [2.45, 2.75) is 32.1 Å². The third-order valence-electron chi connectivity index (χ3n) is 3.46. The van der Waals surface area contributed by atoms with Crippen molar-refractivity contribution in [2.24, 2.45) is 0 Å². The maximum atomic E-state index is 11.8. The van der Waals surface area contributed by atoms with Crippen LogP contribution in [0.4, 0.5) is 5.82 Å². The topological polar surface area (TPSA) is 123 Å². The summed E-state index contributed by atoms with van der Waals surface area (Å²) < 4.78 is 6.80. The summed E-state index contributed by atoms with van der Waals surface area (Å²) in [5.41, 5.74) is 5.94. The van der Waals surface area contributed by atoms with E-state index in [1.165, 1.54) is 16.8 Å². The number of benzene rings is 1. The molecule has 130 valence electrons. The van der Waals surface area contributed by atoms with Crippen LogP contribution in [0, 0.1) is 0 Å². The van der Waals surface area contributed by atoms with Gasteiger partial charge in [0.05, 0.1) is 0 Å². The summed E-state index contributed by atoms with van der Waals surface area (Å²) in [6.45, 7) is 2.38. The van der Waals surface area contributed by atoms with Gasteiger partial charge >= 0.3 is 5.69 Å². The van der Waals surface area contributed by atoms with Crippen molar-refractivity contribution in [1.82, 2.24) is 14.9 Å². The minimum Gasteiger partial charge on any atom is -0.383 e. The summed E-state index contributed by atoms with van der Waals surface area (Å²) in [5.74, 6) is 0.117. The lowest BCUT2D eigenvalue weighted by Crippen LogP contribution is -2.41. The summed E-state index contributed by atoms with van der Waals surface area (Å²) in [6.07, 6.45) is -1.87. The lowest BCUT2D eigenvalue weighted by molar-refractivity contribution is -0.174. The summed E-state index contributed by atoms with van der Waals surface area (Å²) in [4.78, 5) is 15.4. The first kappa shape index (κ1) is 18.1. The van der Waals surface area contributed by atoms with Crippen molar-refractivity contribution in [3.63, 3.8) is 0 Å². The molecule has 2 atom stereocenters. The molecular formula is C16H22N4O4. The number of nitrogens with zero attached hydrogens (tertiary/aromatic N) is 2. The zero-order valence-electron chi connectivity index (χ0n) is 13.4. The van der Waals surface area contributed by atoms with Crippen LogP contribution < -0.4 is 16.7 Å². The molecule has 0 radical (unpaired) electrons. The Morgan fingerprint density at radius 1 is 1.29 bits per heavy atom. The number of rotatable bonds is 8. The molecule has 0 aliphatic heterocycles. The predicted octanol–water partition coefficient (Wildman–Crippen LogP) is -0.170. The van der Waals surface area contributed by atoms with Gasteiger partial charge in [0.2, 0.25) is 0 Å². The average Bonchev–Trinajstić information content (AvgIpc) is 2.54. The van der Waals surface area contributed by atoms with Crippen LogP contribution in [0.3, 0.4) is 0 Å². The van der Waals surface area contributed by atoms with Gasteiger partial charge in [0, 0.05) is 19.3 Å². The first-order valence-corrected chi connectivity index (χ1v) is 7.58. The Balaban J connectivity index is 1.93. The molecule has 5 N–H and O–H groups in total. The molecule has 0 spiro atoms. The lowest BCUT2D eigenvalue weighted by atomic mass is 10.2. The summed E-state index contributed by atoms with van der Waals surface area (Å²) in [7, 11) is 0. The molecule has 2 aromatic rings. The Hall–Kier alpha value is -2.26. The van der Waals surface area contributed by atoms with Crippen LogP contribution in [-0.2, 0) is 11.3 Å². The molecule has 0 saturated carbocycles. The van der Waals surface area contributed by atoms with E-state index in [4.69, 9.17) is 10.5 Å². The highest BCUT2D eigenvalue weighted by atomic mass is 16.6. The van der Waals surface area contributed by atoms with E-state index in [-0.39, 0.29) is 12.4 Å². The number of hydrogen-bond acceptors (Lipinski definition) is 7. The van der Waals surface area contributed by atoms with Gasteiger partial charge in [0.25, 0.3) is 0 Å². The molecule has 0 saturated heterocycles. The van der Waals surface area contributed by atoms with E-state index in [0.717, 1.165) is 5.56 Å². The normalized spacial score (nSPS) is 13.8. The minimum atomic E-state index is -1.69. The highest BCUT2D eigenvalue weighted by molar-refractivity contribution is 5.23. The van der Waals surface area contributed by atoms with Crippen LogP contribution in [0.5, 0.6) is 0 Å². The number of ether oxygens (including phenoxy) is 1. The maximum absolute atomic E-state index is 11.8. The summed E-state index contributed by atoms with van der Waals surface area (Å²) in [6, 6.07) is 11.2. The number of hydrogen-bond donors (Lipinski definition) is 4. The molecule has 0 aliphatic rings. The largest absolute Gasteiger partial charge is 0.383 e. The van der Waals surface area contributed by atoms with Crippen LogP contribution in [-0.4, -0.2) is 38.7 Å². The number of aliphatic hydroxyl groups excluding tert-OH is 1. The average molecular weight is 334 g/mol. The predicted molar refractivity (Wildman–Crippen MR) is 88.9 cm³/mol. The maximum Gasteiger partial charge on any atom is 0.351 e. The van der Waals surface area contributed by atoms with Crippen LogP contribution in [0.15, 0.2) is 47.4 Å². The van der Waals surface area contributed by atoms with Gasteiger partial charge in [-0.25, -0.2) is 4.79 Å².